The van der Waals surface area contributed by atoms with E-state index < -0.39 is 6.10 Å². The molecule has 3 rings (SSSR count). The summed E-state index contributed by atoms with van der Waals surface area (Å²) in [6, 6.07) is 12.1. The lowest BCUT2D eigenvalue weighted by molar-refractivity contribution is -0.139. The van der Waals surface area contributed by atoms with Crippen LogP contribution in [0.3, 0.4) is 0 Å². The van der Waals surface area contributed by atoms with Crippen LogP contribution in [0.2, 0.25) is 0 Å². The van der Waals surface area contributed by atoms with E-state index in [9.17, 15) is 4.79 Å². The van der Waals surface area contributed by atoms with Gasteiger partial charge in [0.15, 0.2) is 11.9 Å². The number of carbonyl (C=O) groups excluding carboxylic acids is 1. The third-order valence-corrected chi connectivity index (χ3v) is 3.97. The Kier molecular flexibility index (Phi) is 6.07. The third-order valence-electron chi connectivity index (χ3n) is 3.97. The highest BCUT2D eigenvalue weighted by atomic mass is 16.5. The third kappa shape index (κ3) is 4.57. The summed E-state index contributed by atoms with van der Waals surface area (Å²) in [6.45, 7) is 4.37. The van der Waals surface area contributed by atoms with Crippen LogP contribution in [0.4, 0.5) is 0 Å². The van der Waals surface area contributed by atoms with E-state index in [0.717, 1.165) is 6.42 Å². The molecular weight excluding hydrogens is 360 g/mol. The fraction of sp³-hybridized carbons (Fsp3) is 0.300. The van der Waals surface area contributed by atoms with Crippen molar-refractivity contribution >= 4 is 5.91 Å². The van der Waals surface area contributed by atoms with Crippen molar-refractivity contribution in [3.63, 3.8) is 0 Å². The Morgan fingerprint density at radius 1 is 1.29 bits per heavy atom. The van der Waals surface area contributed by atoms with Gasteiger partial charge in [0.25, 0.3) is 11.8 Å². The molecule has 28 heavy (non-hydrogen) atoms. The van der Waals surface area contributed by atoms with E-state index in [4.69, 9.17) is 18.8 Å². The number of furan rings is 1. The highest BCUT2D eigenvalue weighted by Gasteiger charge is 2.24. The van der Waals surface area contributed by atoms with Gasteiger partial charge in [0.2, 0.25) is 5.89 Å². The van der Waals surface area contributed by atoms with Gasteiger partial charge < -0.3 is 18.5 Å². The van der Waals surface area contributed by atoms with E-state index in [0.29, 0.717) is 29.5 Å². The van der Waals surface area contributed by atoms with Crippen molar-refractivity contribution < 1.29 is 18.4 Å². The Bertz CT molecular complexity index is 942. The average molecular weight is 380 g/mol. The summed E-state index contributed by atoms with van der Waals surface area (Å²) in [4.78, 5) is 14.5. The molecule has 0 bridgehead atoms. The second-order valence-corrected chi connectivity index (χ2v) is 6.13. The maximum Gasteiger partial charge on any atom is 0.283 e. The van der Waals surface area contributed by atoms with E-state index in [2.05, 4.69) is 10.2 Å². The fourth-order valence-electron chi connectivity index (χ4n) is 2.64. The minimum absolute atomic E-state index is 0.182. The SMILES string of the molecule is CCCN(Cc1nnc(-c2ccco2)o1)C(=O)C(C)Oc1ccc(C#N)cc1. The van der Waals surface area contributed by atoms with E-state index in [1.165, 1.54) is 6.26 Å². The van der Waals surface area contributed by atoms with Crippen molar-refractivity contribution in [1.82, 2.24) is 15.1 Å². The van der Waals surface area contributed by atoms with Gasteiger partial charge in [0.05, 0.1) is 24.4 Å². The standard InChI is InChI=1S/C20H20N4O4/c1-3-10-24(13-18-22-23-19(28-18)17-5-4-11-26-17)20(25)14(2)27-16-8-6-15(12-21)7-9-16/h4-9,11,14H,3,10,13H2,1-2H3. The van der Waals surface area contributed by atoms with Crippen molar-refractivity contribution in [2.75, 3.05) is 6.54 Å². The first-order valence-corrected chi connectivity index (χ1v) is 8.92. The number of hydrogen-bond acceptors (Lipinski definition) is 7. The quantitative estimate of drug-likeness (QED) is 0.589. The summed E-state index contributed by atoms with van der Waals surface area (Å²) in [5, 5.41) is 16.8. The van der Waals surface area contributed by atoms with Crippen LogP contribution in [0.25, 0.3) is 11.7 Å². The molecule has 144 valence electrons. The van der Waals surface area contributed by atoms with Gasteiger partial charge in [-0.15, -0.1) is 10.2 Å². The van der Waals surface area contributed by atoms with E-state index in [1.54, 1.807) is 48.2 Å². The van der Waals surface area contributed by atoms with Crippen LogP contribution < -0.4 is 4.74 Å². The fourth-order valence-corrected chi connectivity index (χ4v) is 2.64. The number of rotatable bonds is 8. The minimum Gasteiger partial charge on any atom is -0.481 e. The zero-order valence-electron chi connectivity index (χ0n) is 15.7. The van der Waals surface area contributed by atoms with Crippen LogP contribution in [0.15, 0.2) is 51.5 Å². The van der Waals surface area contributed by atoms with Crippen molar-refractivity contribution in [3.8, 4) is 23.5 Å². The minimum atomic E-state index is -0.702. The van der Waals surface area contributed by atoms with Gasteiger partial charge in [-0.25, -0.2) is 0 Å². The molecule has 0 aliphatic heterocycles. The van der Waals surface area contributed by atoms with E-state index in [1.807, 2.05) is 13.0 Å². The topological polar surface area (TPSA) is 105 Å². The lowest BCUT2D eigenvalue weighted by atomic mass is 10.2. The Hall–Kier alpha value is -3.60. The number of amides is 1. The van der Waals surface area contributed by atoms with Crippen molar-refractivity contribution in [3.05, 3.63) is 54.1 Å². The Labute approximate surface area is 162 Å². The molecule has 0 aliphatic rings. The largest absolute Gasteiger partial charge is 0.481 e. The van der Waals surface area contributed by atoms with Gasteiger partial charge in [-0.1, -0.05) is 6.92 Å². The van der Waals surface area contributed by atoms with E-state index >= 15 is 0 Å². The molecule has 1 amide bonds. The molecular formula is C20H20N4O4. The molecule has 0 radical (unpaired) electrons. The summed E-state index contributed by atoms with van der Waals surface area (Å²) in [5.41, 5.74) is 0.530. The van der Waals surface area contributed by atoms with Gasteiger partial charge in [0, 0.05) is 6.54 Å². The van der Waals surface area contributed by atoms with Gasteiger partial charge in [-0.2, -0.15) is 5.26 Å². The van der Waals surface area contributed by atoms with Gasteiger partial charge >= 0.3 is 0 Å². The highest BCUT2D eigenvalue weighted by molar-refractivity contribution is 5.80. The van der Waals surface area contributed by atoms with Crippen LogP contribution in [0.1, 0.15) is 31.7 Å². The molecule has 0 saturated carbocycles. The second kappa shape index (κ2) is 8.86. The molecule has 1 aromatic carbocycles. The van der Waals surface area contributed by atoms with E-state index in [-0.39, 0.29) is 18.3 Å². The predicted octanol–water partition coefficient (Wildman–Crippen LogP) is 3.41. The van der Waals surface area contributed by atoms with Gasteiger partial charge in [-0.05, 0) is 49.7 Å². The number of hydrogen-bond donors (Lipinski definition) is 0. The Morgan fingerprint density at radius 3 is 2.71 bits per heavy atom. The average Bonchev–Trinajstić information content (AvgIpc) is 3.39. The molecule has 2 heterocycles. The predicted molar refractivity (Wildman–Crippen MR) is 99.0 cm³/mol. The number of nitrogens with zero attached hydrogens (tertiary/aromatic N) is 4. The lowest BCUT2D eigenvalue weighted by Gasteiger charge is -2.24. The monoisotopic (exact) mass is 380 g/mol. The summed E-state index contributed by atoms with van der Waals surface area (Å²) in [6.07, 6.45) is 1.59. The number of aromatic nitrogens is 2. The smallest absolute Gasteiger partial charge is 0.283 e. The summed E-state index contributed by atoms with van der Waals surface area (Å²) in [7, 11) is 0. The zero-order chi connectivity index (χ0) is 19.9. The summed E-state index contributed by atoms with van der Waals surface area (Å²) >= 11 is 0. The van der Waals surface area contributed by atoms with Crippen molar-refractivity contribution in [2.24, 2.45) is 0 Å². The normalized spacial score (nSPS) is 11.6. The molecule has 1 unspecified atom stereocenters. The molecule has 0 saturated heterocycles. The number of ether oxygens (including phenoxy) is 1. The Morgan fingerprint density at radius 2 is 2.07 bits per heavy atom. The van der Waals surface area contributed by atoms with Crippen LogP contribution in [-0.4, -0.2) is 33.7 Å². The van der Waals surface area contributed by atoms with Gasteiger partial charge in [-0.3, -0.25) is 4.79 Å². The zero-order valence-corrected chi connectivity index (χ0v) is 15.7. The maximum absolute atomic E-state index is 12.8. The maximum atomic E-state index is 12.8. The lowest BCUT2D eigenvalue weighted by Crippen LogP contribution is -2.40. The Balaban J connectivity index is 1.66. The molecule has 8 nitrogen and oxygen atoms in total. The molecule has 0 spiro atoms. The second-order valence-electron chi connectivity index (χ2n) is 6.13. The van der Waals surface area contributed by atoms with Crippen molar-refractivity contribution in [1.29, 1.82) is 5.26 Å². The molecule has 1 atom stereocenters. The molecule has 3 aromatic rings. The highest BCUT2D eigenvalue weighted by Crippen LogP contribution is 2.19. The molecule has 8 heteroatoms. The van der Waals surface area contributed by atoms with Crippen LogP contribution in [0.5, 0.6) is 5.75 Å². The first-order chi connectivity index (χ1) is 13.6. The molecule has 0 aliphatic carbocycles. The van der Waals surface area contributed by atoms with Gasteiger partial charge in [0.1, 0.15) is 5.75 Å². The number of benzene rings is 1. The van der Waals surface area contributed by atoms with Crippen LogP contribution >= 0.6 is 0 Å². The molecule has 0 fully saturated rings. The molecule has 2 aromatic heterocycles. The number of carbonyl (C=O) groups is 1. The summed E-state index contributed by atoms with van der Waals surface area (Å²) < 4.78 is 16.6. The van der Waals surface area contributed by atoms with Crippen LogP contribution in [-0.2, 0) is 11.3 Å². The summed E-state index contributed by atoms with van der Waals surface area (Å²) in [5.74, 6) is 1.40. The molecule has 0 N–H and O–H groups in total. The van der Waals surface area contributed by atoms with Crippen molar-refractivity contribution in [2.45, 2.75) is 32.9 Å². The number of nitriles is 1. The first kappa shape index (κ1) is 19.2. The first-order valence-electron chi connectivity index (χ1n) is 8.92. The van der Waals surface area contributed by atoms with Crippen LogP contribution in [0, 0.1) is 11.3 Å².